The summed E-state index contributed by atoms with van der Waals surface area (Å²) < 4.78 is 6.84. The number of nitrogens with two attached hydrogens (primary N) is 1. The fraction of sp³-hybridized carbons (Fsp3) is 0.692. The predicted molar refractivity (Wildman–Crippen MR) is 73.7 cm³/mol. The highest BCUT2D eigenvalue weighted by Gasteiger charge is 2.40. The van der Waals surface area contributed by atoms with Crippen molar-refractivity contribution in [2.75, 3.05) is 6.61 Å². The van der Waals surface area contributed by atoms with Crippen molar-refractivity contribution < 1.29 is 4.74 Å². The fourth-order valence-corrected chi connectivity index (χ4v) is 3.91. The second kappa shape index (κ2) is 5.70. The van der Waals surface area contributed by atoms with Gasteiger partial charge in [-0.15, -0.1) is 11.3 Å². The molecule has 96 valence electrons. The molecule has 1 aliphatic rings. The molecule has 4 heteroatoms. The van der Waals surface area contributed by atoms with Gasteiger partial charge in [0.25, 0.3) is 0 Å². The minimum atomic E-state index is -0.165. The van der Waals surface area contributed by atoms with E-state index in [0.717, 1.165) is 28.7 Å². The molecule has 1 aromatic rings. The second-order valence-corrected chi connectivity index (χ2v) is 6.42. The van der Waals surface area contributed by atoms with E-state index in [9.17, 15) is 0 Å². The minimum Gasteiger partial charge on any atom is -0.373 e. The molecule has 0 aromatic carbocycles. The first-order valence-electron chi connectivity index (χ1n) is 6.33. The van der Waals surface area contributed by atoms with Gasteiger partial charge in [0.2, 0.25) is 0 Å². The van der Waals surface area contributed by atoms with Crippen molar-refractivity contribution in [3.8, 4) is 0 Å². The first-order chi connectivity index (χ1) is 8.18. The van der Waals surface area contributed by atoms with Crippen LogP contribution in [0.2, 0.25) is 4.34 Å². The van der Waals surface area contributed by atoms with Gasteiger partial charge in [-0.05, 0) is 31.9 Å². The summed E-state index contributed by atoms with van der Waals surface area (Å²) in [6, 6.07) is 3.91. The molecular weight excluding hydrogens is 254 g/mol. The number of hydrogen-bond acceptors (Lipinski definition) is 3. The Kier molecular flexibility index (Phi) is 4.47. The number of hydrogen-bond donors (Lipinski definition) is 1. The topological polar surface area (TPSA) is 35.2 Å². The van der Waals surface area contributed by atoms with Crippen LogP contribution in [-0.4, -0.2) is 12.2 Å². The van der Waals surface area contributed by atoms with E-state index in [1.165, 1.54) is 19.3 Å². The molecule has 1 atom stereocenters. The Morgan fingerprint density at radius 1 is 1.41 bits per heavy atom. The van der Waals surface area contributed by atoms with Crippen LogP contribution in [0.1, 0.15) is 49.9 Å². The lowest BCUT2D eigenvalue weighted by molar-refractivity contribution is -0.0824. The van der Waals surface area contributed by atoms with Crippen molar-refractivity contribution in [2.45, 2.75) is 50.7 Å². The lowest BCUT2D eigenvalue weighted by Crippen LogP contribution is -2.45. The van der Waals surface area contributed by atoms with Gasteiger partial charge in [0, 0.05) is 11.5 Å². The van der Waals surface area contributed by atoms with Crippen LogP contribution in [0.25, 0.3) is 0 Å². The van der Waals surface area contributed by atoms with Gasteiger partial charge in [-0.1, -0.05) is 30.9 Å². The molecule has 1 fully saturated rings. The minimum absolute atomic E-state index is 0.0414. The van der Waals surface area contributed by atoms with Crippen LogP contribution in [-0.2, 0) is 4.74 Å². The lowest BCUT2D eigenvalue weighted by atomic mass is 9.79. The van der Waals surface area contributed by atoms with Crippen molar-refractivity contribution >= 4 is 22.9 Å². The molecule has 2 rings (SSSR count). The number of ether oxygens (including phenoxy) is 1. The summed E-state index contributed by atoms with van der Waals surface area (Å²) >= 11 is 7.56. The van der Waals surface area contributed by atoms with Gasteiger partial charge >= 0.3 is 0 Å². The molecule has 1 aromatic heterocycles. The summed E-state index contributed by atoms with van der Waals surface area (Å²) in [7, 11) is 0. The summed E-state index contributed by atoms with van der Waals surface area (Å²) in [5.74, 6) is 0. The molecule has 1 aliphatic carbocycles. The number of halogens is 1. The average Bonchev–Trinajstić information content (AvgIpc) is 2.76. The molecule has 0 aliphatic heterocycles. The first-order valence-corrected chi connectivity index (χ1v) is 7.52. The highest BCUT2D eigenvalue weighted by atomic mass is 35.5. The van der Waals surface area contributed by atoms with Gasteiger partial charge in [-0.25, -0.2) is 0 Å². The normalized spacial score (nSPS) is 21.4. The Labute approximate surface area is 112 Å². The van der Waals surface area contributed by atoms with Crippen LogP contribution < -0.4 is 5.73 Å². The van der Waals surface area contributed by atoms with Crippen LogP contribution >= 0.6 is 22.9 Å². The Morgan fingerprint density at radius 3 is 2.65 bits per heavy atom. The van der Waals surface area contributed by atoms with Crippen LogP contribution in [0.5, 0.6) is 0 Å². The molecule has 0 spiro atoms. The maximum Gasteiger partial charge on any atom is 0.0931 e. The fourth-order valence-electron chi connectivity index (χ4n) is 2.74. The molecule has 1 heterocycles. The Morgan fingerprint density at radius 2 is 2.12 bits per heavy atom. The van der Waals surface area contributed by atoms with Crippen molar-refractivity contribution in [3.63, 3.8) is 0 Å². The molecule has 2 N–H and O–H groups in total. The highest BCUT2D eigenvalue weighted by Crippen LogP contribution is 2.42. The number of rotatable bonds is 4. The van der Waals surface area contributed by atoms with Crippen molar-refractivity contribution in [3.05, 3.63) is 21.3 Å². The van der Waals surface area contributed by atoms with Gasteiger partial charge in [-0.3, -0.25) is 0 Å². The smallest absolute Gasteiger partial charge is 0.0931 e. The Balaban J connectivity index is 2.20. The zero-order chi connectivity index (χ0) is 12.3. The van der Waals surface area contributed by atoms with Crippen molar-refractivity contribution in [1.82, 2.24) is 0 Å². The van der Waals surface area contributed by atoms with E-state index in [0.29, 0.717) is 0 Å². The third-order valence-electron chi connectivity index (χ3n) is 3.60. The quantitative estimate of drug-likeness (QED) is 0.895. The van der Waals surface area contributed by atoms with Crippen LogP contribution in [0.4, 0.5) is 0 Å². The SMILES string of the molecule is CCOC1(C(N)c2ccc(Cl)s2)CCCCC1. The van der Waals surface area contributed by atoms with E-state index in [4.69, 9.17) is 22.1 Å². The Hall–Kier alpha value is -0.0900. The molecule has 1 saturated carbocycles. The summed E-state index contributed by atoms with van der Waals surface area (Å²) in [6.07, 6.45) is 5.86. The third-order valence-corrected chi connectivity index (χ3v) is 4.91. The number of thiophene rings is 1. The monoisotopic (exact) mass is 273 g/mol. The summed E-state index contributed by atoms with van der Waals surface area (Å²) in [5.41, 5.74) is 6.27. The van der Waals surface area contributed by atoms with E-state index in [-0.39, 0.29) is 11.6 Å². The highest BCUT2D eigenvalue weighted by molar-refractivity contribution is 7.16. The molecule has 0 radical (unpaired) electrons. The maximum absolute atomic E-state index is 6.43. The van der Waals surface area contributed by atoms with Crippen LogP contribution in [0.3, 0.4) is 0 Å². The summed E-state index contributed by atoms with van der Waals surface area (Å²) in [6.45, 7) is 2.78. The first kappa shape index (κ1) is 13.3. The van der Waals surface area contributed by atoms with Gasteiger partial charge in [0.15, 0.2) is 0 Å². The van der Waals surface area contributed by atoms with Crippen molar-refractivity contribution in [2.24, 2.45) is 5.73 Å². The van der Waals surface area contributed by atoms with Gasteiger partial charge in [0.1, 0.15) is 0 Å². The van der Waals surface area contributed by atoms with Gasteiger partial charge in [-0.2, -0.15) is 0 Å². The van der Waals surface area contributed by atoms with Crippen LogP contribution in [0.15, 0.2) is 12.1 Å². The standard InChI is InChI=1S/C13H20ClNOS/c1-2-16-13(8-4-3-5-9-13)12(15)10-6-7-11(14)17-10/h6-7,12H,2-5,8-9,15H2,1H3. The predicted octanol–water partition coefficient (Wildman–Crippen LogP) is 4.14. The zero-order valence-electron chi connectivity index (χ0n) is 10.2. The molecule has 0 saturated heterocycles. The van der Waals surface area contributed by atoms with Crippen molar-refractivity contribution in [1.29, 1.82) is 0 Å². The van der Waals surface area contributed by atoms with E-state index in [2.05, 4.69) is 0 Å². The second-order valence-electron chi connectivity index (χ2n) is 4.68. The Bertz CT molecular complexity index is 355. The largest absolute Gasteiger partial charge is 0.373 e. The van der Waals surface area contributed by atoms with Gasteiger partial charge in [0.05, 0.1) is 16.0 Å². The molecule has 2 nitrogen and oxygen atoms in total. The van der Waals surface area contributed by atoms with Crippen LogP contribution in [0, 0.1) is 0 Å². The van der Waals surface area contributed by atoms with E-state index >= 15 is 0 Å². The lowest BCUT2D eigenvalue weighted by Gasteiger charge is -2.41. The molecule has 17 heavy (non-hydrogen) atoms. The molecule has 1 unspecified atom stereocenters. The summed E-state index contributed by atoms with van der Waals surface area (Å²) in [4.78, 5) is 1.14. The van der Waals surface area contributed by atoms with E-state index < -0.39 is 0 Å². The zero-order valence-corrected chi connectivity index (χ0v) is 11.8. The average molecular weight is 274 g/mol. The van der Waals surface area contributed by atoms with E-state index in [1.54, 1.807) is 11.3 Å². The molecule has 0 amide bonds. The summed E-state index contributed by atoms with van der Waals surface area (Å²) in [5, 5.41) is 0. The van der Waals surface area contributed by atoms with E-state index in [1.807, 2.05) is 19.1 Å². The molecule has 0 bridgehead atoms. The maximum atomic E-state index is 6.43. The van der Waals surface area contributed by atoms with Gasteiger partial charge < -0.3 is 10.5 Å². The third kappa shape index (κ3) is 2.84. The molecular formula is C13H20ClNOS.